The number of nitrogens with one attached hydrogen (secondary N) is 1. The molecule has 1 fully saturated rings. The Kier molecular flexibility index (Phi) is 6.84. The van der Waals surface area contributed by atoms with Gasteiger partial charge >= 0.3 is 0 Å². The molecule has 0 radical (unpaired) electrons. The number of hydrogen-bond acceptors (Lipinski definition) is 4. The zero-order valence-corrected chi connectivity index (χ0v) is 10.9. The first-order valence-corrected chi connectivity index (χ1v) is 7.35. The van der Waals surface area contributed by atoms with Gasteiger partial charge in [-0.05, 0) is 31.3 Å². The van der Waals surface area contributed by atoms with E-state index in [1.165, 1.54) is 0 Å². The molecule has 0 aromatic rings. The highest BCUT2D eigenvalue weighted by atomic mass is 32.2. The monoisotopic (exact) mass is 245 g/mol. The molecule has 0 atom stereocenters. The number of hydrogen-bond donors (Lipinski definition) is 2. The summed E-state index contributed by atoms with van der Waals surface area (Å²) in [5, 5.41) is 2.95. The molecule has 1 aliphatic heterocycles. The van der Waals surface area contributed by atoms with Gasteiger partial charge < -0.3 is 11.1 Å². The van der Waals surface area contributed by atoms with Crippen LogP contribution in [0.5, 0.6) is 0 Å². The topological polar surface area (TPSA) is 58.4 Å². The van der Waals surface area contributed by atoms with Crippen LogP contribution in [0.4, 0.5) is 0 Å². The highest BCUT2D eigenvalue weighted by Crippen LogP contribution is 2.07. The summed E-state index contributed by atoms with van der Waals surface area (Å²) in [6, 6.07) is 0.334. The van der Waals surface area contributed by atoms with Gasteiger partial charge in [-0.1, -0.05) is 0 Å². The van der Waals surface area contributed by atoms with Crippen LogP contribution < -0.4 is 11.1 Å². The number of nitrogens with zero attached hydrogens (tertiary/aromatic N) is 1. The highest BCUT2D eigenvalue weighted by molar-refractivity contribution is 7.98. The van der Waals surface area contributed by atoms with E-state index in [4.69, 9.17) is 5.73 Å². The molecule has 5 heteroatoms. The summed E-state index contributed by atoms with van der Waals surface area (Å²) in [5.74, 6) is 1.26. The van der Waals surface area contributed by atoms with Crippen molar-refractivity contribution < 1.29 is 4.79 Å². The molecule has 16 heavy (non-hydrogen) atoms. The molecule has 3 N–H and O–H groups in total. The fourth-order valence-electron chi connectivity index (χ4n) is 1.81. The molecule has 0 unspecified atom stereocenters. The highest BCUT2D eigenvalue weighted by Gasteiger charge is 2.17. The summed E-state index contributed by atoms with van der Waals surface area (Å²) >= 11 is 1.81. The van der Waals surface area contributed by atoms with E-state index in [-0.39, 0.29) is 5.91 Å². The number of likely N-dealkylation sites (tertiary alicyclic amines) is 1. The van der Waals surface area contributed by atoms with Crippen molar-refractivity contribution in [2.45, 2.75) is 25.3 Å². The molecule has 0 aliphatic carbocycles. The quantitative estimate of drug-likeness (QED) is 0.660. The van der Waals surface area contributed by atoms with Gasteiger partial charge in [-0.25, -0.2) is 0 Å². The number of carbonyl (C=O) groups excluding carboxylic acids is 1. The van der Waals surface area contributed by atoms with Gasteiger partial charge in [0.15, 0.2) is 0 Å². The molecule has 0 saturated carbocycles. The summed E-state index contributed by atoms with van der Waals surface area (Å²) in [4.78, 5) is 13.8. The molecule has 0 aromatic heterocycles. The number of thioether (sulfide) groups is 1. The van der Waals surface area contributed by atoms with Gasteiger partial charge in [0, 0.05) is 25.7 Å². The Bertz CT molecular complexity index is 205. The Morgan fingerprint density at radius 2 is 2.19 bits per heavy atom. The zero-order chi connectivity index (χ0) is 11.8. The summed E-state index contributed by atoms with van der Waals surface area (Å²) < 4.78 is 0. The predicted molar refractivity (Wildman–Crippen MR) is 69.7 cm³/mol. The molecule has 0 spiro atoms. The van der Waals surface area contributed by atoms with Crippen LogP contribution >= 0.6 is 11.8 Å². The molecule has 1 aliphatic rings. The van der Waals surface area contributed by atoms with Crippen LogP contribution in [0.1, 0.15) is 19.3 Å². The van der Waals surface area contributed by atoms with E-state index in [0.29, 0.717) is 12.6 Å². The SMILES string of the molecule is CSCCCNC(=O)CN1CCC(N)CC1. The lowest BCUT2D eigenvalue weighted by atomic mass is 10.1. The Morgan fingerprint density at radius 3 is 2.81 bits per heavy atom. The van der Waals surface area contributed by atoms with Crippen LogP contribution in [0.15, 0.2) is 0 Å². The third-order valence-corrected chi connectivity index (χ3v) is 3.54. The fourth-order valence-corrected chi connectivity index (χ4v) is 2.25. The number of amides is 1. The molecule has 1 rings (SSSR count). The normalized spacial score (nSPS) is 18.6. The van der Waals surface area contributed by atoms with Crippen molar-refractivity contribution in [3.8, 4) is 0 Å². The van der Waals surface area contributed by atoms with Crippen LogP contribution in [-0.4, -0.2) is 55.0 Å². The van der Waals surface area contributed by atoms with Crippen LogP contribution in [-0.2, 0) is 4.79 Å². The summed E-state index contributed by atoms with van der Waals surface area (Å²) in [6.07, 6.45) is 5.16. The van der Waals surface area contributed by atoms with Gasteiger partial charge in [0.05, 0.1) is 6.54 Å². The second-order valence-electron chi connectivity index (χ2n) is 4.31. The predicted octanol–water partition coefficient (Wildman–Crippen LogP) is 0.279. The Hall–Kier alpha value is -0.260. The fraction of sp³-hybridized carbons (Fsp3) is 0.909. The largest absolute Gasteiger partial charge is 0.355 e. The molecule has 0 aromatic carbocycles. The van der Waals surface area contributed by atoms with Crippen molar-refractivity contribution in [1.82, 2.24) is 10.2 Å². The molecule has 1 amide bonds. The van der Waals surface area contributed by atoms with Crippen LogP contribution in [0.3, 0.4) is 0 Å². The number of carbonyl (C=O) groups is 1. The molecule has 94 valence electrons. The molecular formula is C11H23N3OS. The van der Waals surface area contributed by atoms with Crippen molar-refractivity contribution in [2.75, 3.05) is 38.2 Å². The van der Waals surface area contributed by atoms with E-state index in [0.717, 1.165) is 44.6 Å². The van der Waals surface area contributed by atoms with E-state index in [1.54, 1.807) is 0 Å². The van der Waals surface area contributed by atoms with Crippen molar-refractivity contribution in [1.29, 1.82) is 0 Å². The van der Waals surface area contributed by atoms with Crippen molar-refractivity contribution in [3.05, 3.63) is 0 Å². The van der Waals surface area contributed by atoms with Crippen molar-refractivity contribution >= 4 is 17.7 Å². The summed E-state index contributed by atoms with van der Waals surface area (Å²) in [5.41, 5.74) is 5.81. The first-order valence-electron chi connectivity index (χ1n) is 5.96. The minimum absolute atomic E-state index is 0.150. The average molecular weight is 245 g/mol. The van der Waals surface area contributed by atoms with E-state index < -0.39 is 0 Å². The maximum atomic E-state index is 11.6. The first-order chi connectivity index (χ1) is 7.72. The van der Waals surface area contributed by atoms with Gasteiger partial charge in [0.1, 0.15) is 0 Å². The van der Waals surface area contributed by atoms with Crippen LogP contribution in [0, 0.1) is 0 Å². The molecule has 0 bridgehead atoms. The number of rotatable bonds is 6. The van der Waals surface area contributed by atoms with Crippen LogP contribution in [0.2, 0.25) is 0 Å². The average Bonchev–Trinajstić information content (AvgIpc) is 2.28. The zero-order valence-electron chi connectivity index (χ0n) is 10.1. The molecule has 1 saturated heterocycles. The summed E-state index contributed by atoms with van der Waals surface area (Å²) in [7, 11) is 0. The van der Waals surface area contributed by atoms with Gasteiger partial charge in [-0.2, -0.15) is 11.8 Å². The second kappa shape index (κ2) is 7.92. The van der Waals surface area contributed by atoms with E-state index in [2.05, 4.69) is 16.5 Å². The standard InChI is InChI=1S/C11H23N3OS/c1-16-8-2-5-13-11(15)9-14-6-3-10(12)4-7-14/h10H,2-9,12H2,1H3,(H,13,15). The molecular weight excluding hydrogens is 222 g/mol. The minimum atomic E-state index is 0.150. The van der Waals surface area contributed by atoms with E-state index in [9.17, 15) is 4.79 Å². The third-order valence-electron chi connectivity index (χ3n) is 2.85. The lowest BCUT2D eigenvalue weighted by Gasteiger charge is -2.29. The van der Waals surface area contributed by atoms with Gasteiger partial charge in [-0.15, -0.1) is 0 Å². The second-order valence-corrected chi connectivity index (χ2v) is 5.30. The lowest BCUT2D eigenvalue weighted by Crippen LogP contribution is -2.44. The van der Waals surface area contributed by atoms with Gasteiger partial charge in [0.25, 0.3) is 0 Å². The number of nitrogens with two attached hydrogens (primary N) is 1. The van der Waals surface area contributed by atoms with Crippen LogP contribution in [0.25, 0.3) is 0 Å². The van der Waals surface area contributed by atoms with E-state index in [1.807, 2.05) is 11.8 Å². The Balaban J connectivity index is 2.05. The minimum Gasteiger partial charge on any atom is -0.355 e. The third kappa shape index (κ3) is 5.72. The Morgan fingerprint density at radius 1 is 1.50 bits per heavy atom. The lowest BCUT2D eigenvalue weighted by molar-refractivity contribution is -0.122. The molecule has 1 heterocycles. The number of piperidine rings is 1. The molecule has 4 nitrogen and oxygen atoms in total. The smallest absolute Gasteiger partial charge is 0.234 e. The van der Waals surface area contributed by atoms with Gasteiger partial charge in [-0.3, -0.25) is 9.69 Å². The van der Waals surface area contributed by atoms with E-state index >= 15 is 0 Å². The van der Waals surface area contributed by atoms with Crippen molar-refractivity contribution in [3.63, 3.8) is 0 Å². The van der Waals surface area contributed by atoms with Crippen molar-refractivity contribution in [2.24, 2.45) is 5.73 Å². The summed E-state index contributed by atoms with van der Waals surface area (Å²) in [6.45, 7) is 3.25. The Labute approximate surface area is 102 Å². The first kappa shape index (κ1) is 13.8. The maximum absolute atomic E-state index is 11.6. The maximum Gasteiger partial charge on any atom is 0.234 e. The van der Waals surface area contributed by atoms with Gasteiger partial charge in [0.2, 0.25) is 5.91 Å².